The third-order valence-electron chi connectivity index (χ3n) is 4.54. The Morgan fingerprint density at radius 2 is 2.03 bits per heavy atom. The molecule has 0 saturated carbocycles. The van der Waals surface area contributed by atoms with Crippen molar-refractivity contribution in [3.63, 3.8) is 0 Å². The van der Waals surface area contributed by atoms with Gasteiger partial charge in [0.2, 0.25) is 0 Å². The molecule has 0 aromatic heterocycles. The fourth-order valence-electron chi connectivity index (χ4n) is 3.03. The van der Waals surface area contributed by atoms with Crippen LogP contribution in [0.25, 0.3) is 6.08 Å². The monoisotopic (exact) mass is 613 g/mol. The number of rotatable bonds is 9. The molecule has 0 atom stereocenters. The molecule has 1 amide bonds. The summed E-state index contributed by atoms with van der Waals surface area (Å²) in [4.78, 5) is 26.3. The van der Waals surface area contributed by atoms with E-state index in [1.165, 1.54) is 16.7 Å². The van der Waals surface area contributed by atoms with Gasteiger partial charge in [0.15, 0.2) is 11.5 Å². The summed E-state index contributed by atoms with van der Waals surface area (Å²) < 4.78 is 18.5. The maximum atomic E-state index is 12.8. The number of esters is 1. The molecule has 1 aliphatic heterocycles. The first kappa shape index (κ1) is 25.7. The normalized spacial score (nSPS) is 14.7. The quantitative estimate of drug-likeness (QED) is 0.196. The van der Waals surface area contributed by atoms with Gasteiger partial charge in [-0.05, 0) is 64.3 Å². The maximum absolute atomic E-state index is 12.8. The molecule has 1 fully saturated rings. The van der Waals surface area contributed by atoms with Gasteiger partial charge < -0.3 is 14.2 Å². The number of hydrogen-bond acceptors (Lipinski definition) is 7. The van der Waals surface area contributed by atoms with Gasteiger partial charge >= 0.3 is 5.97 Å². The minimum Gasteiger partial charge on any atom is -0.493 e. The van der Waals surface area contributed by atoms with Gasteiger partial charge in [-0.3, -0.25) is 14.5 Å². The summed E-state index contributed by atoms with van der Waals surface area (Å²) in [5, 5.41) is 0. The minimum absolute atomic E-state index is 0.0942. The van der Waals surface area contributed by atoms with Crippen molar-refractivity contribution in [2.75, 3.05) is 20.3 Å². The lowest BCUT2D eigenvalue weighted by molar-refractivity contribution is -0.143. The summed E-state index contributed by atoms with van der Waals surface area (Å²) in [5.41, 5.74) is 1.76. The van der Waals surface area contributed by atoms with E-state index in [1.54, 1.807) is 26.2 Å². The molecule has 10 heteroatoms. The van der Waals surface area contributed by atoms with Crippen molar-refractivity contribution in [1.82, 2.24) is 4.90 Å². The van der Waals surface area contributed by atoms with E-state index in [1.807, 2.05) is 30.3 Å². The molecule has 2 aromatic carbocycles. The summed E-state index contributed by atoms with van der Waals surface area (Å²) in [6, 6.07) is 11.5. The second-order valence-corrected chi connectivity index (χ2v) is 10.3. The smallest absolute Gasteiger partial charge is 0.307 e. The van der Waals surface area contributed by atoms with Gasteiger partial charge in [0, 0.05) is 11.0 Å². The van der Waals surface area contributed by atoms with Gasteiger partial charge in [0.05, 0.1) is 29.5 Å². The average molecular weight is 615 g/mol. The summed E-state index contributed by atoms with van der Waals surface area (Å²) in [5.74, 6) is 0.502. The van der Waals surface area contributed by atoms with Crippen molar-refractivity contribution in [2.24, 2.45) is 0 Å². The Kier molecular flexibility index (Phi) is 9.37. The van der Waals surface area contributed by atoms with Gasteiger partial charge in [-0.25, -0.2) is 0 Å². The molecule has 0 radical (unpaired) electrons. The lowest BCUT2D eigenvalue weighted by Crippen LogP contribution is -2.30. The van der Waals surface area contributed by atoms with E-state index < -0.39 is 0 Å². The molecule has 174 valence electrons. The number of hydrogen-bond donors (Lipinski definition) is 0. The number of halogens is 2. The lowest BCUT2D eigenvalue weighted by Gasteiger charge is -2.14. The maximum Gasteiger partial charge on any atom is 0.307 e. The second kappa shape index (κ2) is 12.0. The van der Waals surface area contributed by atoms with Crippen LogP contribution in [0, 0.1) is 0 Å². The summed E-state index contributed by atoms with van der Waals surface area (Å²) in [6.45, 7) is 2.60. The van der Waals surface area contributed by atoms with E-state index in [2.05, 4.69) is 31.9 Å². The number of carbonyl (C=O) groups is 2. The zero-order chi connectivity index (χ0) is 24.0. The van der Waals surface area contributed by atoms with Gasteiger partial charge in [-0.1, -0.05) is 52.0 Å². The molecule has 1 aliphatic rings. The SMILES string of the molecule is CCOC(=O)CCN1C(=O)/C(=C\c2cc(Br)c(OCc3cccc(Br)c3)c(OC)c2)SC1=S. The molecule has 3 rings (SSSR count). The third-order valence-corrected chi connectivity index (χ3v) is 7.00. The average Bonchev–Trinajstić information content (AvgIpc) is 3.03. The van der Waals surface area contributed by atoms with E-state index in [9.17, 15) is 9.59 Å². The zero-order valence-electron chi connectivity index (χ0n) is 17.9. The van der Waals surface area contributed by atoms with Crippen LogP contribution in [0.15, 0.2) is 50.2 Å². The van der Waals surface area contributed by atoms with Crippen LogP contribution in [0.3, 0.4) is 0 Å². The number of nitrogens with zero attached hydrogens (tertiary/aromatic N) is 1. The molecule has 1 saturated heterocycles. The largest absolute Gasteiger partial charge is 0.493 e. The fourth-order valence-corrected chi connectivity index (χ4v) is 5.36. The molecular formula is C23H21Br2NO5S2. The number of amides is 1. The molecule has 2 aromatic rings. The Hall–Kier alpha value is -1.88. The van der Waals surface area contributed by atoms with Crippen LogP contribution >= 0.6 is 55.8 Å². The number of thioether (sulfide) groups is 1. The first-order chi connectivity index (χ1) is 15.8. The Morgan fingerprint density at radius 3 is 2.73 bits per heavy atom. The van der Waals surface area contributed by atoms with E-state index in [0.29, 0.717) is 38.4 Å². The van der Waals surface area contributed by atoms with Crippen molar-refractivity contribution >= 4 is 78.1 Å². The number of carbonyl (C=O) groups excluding carboxylic acids is 2. The molecule has 0 N–H and O–H groups in total. The topological polar surface area (TPSA) is 65.1 Å². The van der Waals surface area contributed by atoms with E-state index >= 15 is 0 Å². The lowest BCUT2D eigenvalue weighted by atomic mass is 10.1. The van der Waals surface area contributed by atoms with Crippen molar-refractivity contribution in [2.45, 2.75) is 20.0 Å². The number of thiocarbonyl (C=S) groups is 1. The Balaban J connectivity index is 1.75. The van der Waals surface area contributed by atoms with Crippen molar-refractivity contribution < 1.29 is 23.8 Å². The summed E-state index contributed by atoms with van der Waals surface area (Å²) in [7, 11) is 1.56. The van der Waals surface area contributed by atoms with E-state index in [-0.39, 0.29) is 24.8 Å². The minimum atomic E-state index is -0.359. The highest BCUT2D eigenvalue weighted by atomic mass is 79.9. The molecule has 1 heterocycles. The first-order valence-electron chi connectivity index (χ1n) is 9.98. The van der Waals surface area contributed by atoms with Crippen LogP contribution in [0.1, 0.15) is 24.5 Å². The number of ether oxygens (including phenoxy) is 3. The Labute approximate surface area is 218 Å². The standard InChI is InChI=1S/C23H21Br2NO5S2/c1-3-30-20(27)7-8-26-22(28)19(33-23(26)32)12-15-10-17(25)21(18(11-15)29-2)31-13-14-5-4-6-16(24)9-14/h4-6,9-12H,3,7-8,13H2,1-2H3/b19-12+. The first-order valence-corrected chi connectivity index (χ1v) is 12.8. The predicted octanol–water partition coefficient (Wildman–Crippen LogP) is 5.95. The Bertz CT molecular complexity index is 1110. The predicted molar refractivity (Wildman–Crippen MR) is 140 cm³/mol. The van der Waals surface area contributed by atoms with Gasteiger partial charge in [0.25, 0.3) is 5.91 Å². The highest BCUT2D eigenvalue weighted by Gasteiger charge is 2.32. The van der Waals surface area contributed by atoms with Crippen LogP contribution < -0.4 is 9.47 Å². The van der Waals surface area contributed by atoms with Crippen LogP contribution in [-0.4, -0.2) is 41.4 Å². The van der Waals surface area contributed by atoms with Gasteiger partial charge in [0.1, 0.15) is 10.9 Å². The summed E-state index contributed by atoms with van der Waals surface area (Å²) in [6.07, 6.45) is 1.84. The van der Waals surface area contributed by atoms with Crippen molar-refractivity contribution in [3.8, 4) is 11.5 Å². The van der Waals surface area contributed by atoms with Gasteiger partial charge in [-0.15, -0.1) is 0 Å². The Morgan fingerprint density at radius 1 is 1.24 bits per heavy atom. The fraction of sp³-hybridized carbons (Fsp3) is 0.261. The van der Waals surface area contributed by atoms with Crippen molar-refractivity contribution in [3.05, 3.63) is 61.4 Å². The molecule has 0 spiro atoms. The number of benzene rings is 2. The number of methoxy groups -OCH3 is 1. The van der Waals surface area contributed by atoms with Crippen LogP contribution in [-0.2, 0) is 20.9 Å². The highest BCUT2D eigenvalue weighted by Crippen LogP contribution is 2.39. The zero-order valence-corrected chi connectivity index (χ0v) is 22.7. The highest BCUT2D eigenvalue weighted by molar-refractivity contribution is 9.10. The molecule has 6 nitrogen and oxygen atoms in total. The van der Waals surface area contributed by atoms with Gasteiger partial charge in [-0.2, -0.15) is 0 Å². The molecule has 0 unspecified atom stereocenters. The molecular weight excluding hydrogens is 594 g/mol. The second-order valence-electron chi connectivity index (χ2n) is 6.84. The molecule has 33 heavy (non-hydrogen) atoms. The van der Waals surface area contributed by atoms with Crippen LogP contribution in [0.5, 0.6) is 11.5 Å². The van der Waals surface area contributed by atoms with E-state index in [4.69, 9.17) is 26.4 Å². The summed E-state index contributed by atoms with van der Waals surface area (Å²) >= 11 is 13.5. The van der Waals surface area contributed by atoms with E-state index in [0.717, 1.165) is 15.6 Å². The molecule has 0 aliphatic carbocycles. The molecule has 0 bridgehead atoms. The van der Waals surface area contributed by atoms with Crippen LogP contribution in [0.4, 0.5) is 0 Å². The van der Waals surface area contributed by atoms with Crippen molar-refractivity contribution in [1.29, 1.82) is 0 Å². The third kappa shape index (κ3) is 6.81. The van der Waals surface area contributed by atoms with Crippen LogP contribution in [0.2, 0.25) is 0 Å².